The summed E-state index contributed by atoms with van der Waals surface area (Å²) < 4.78 is 11.3. The Morgan fingerprint density at radius 2 is 2.04 bits per heavy atom. The molecule has 28 heavy (non-hydrogen) atoms. The molecule has 6 nitrogen and oxygen atoms in total. The van der Waals surface area contributed by atoms with Crippen LogP contribution in [0.5, 0.6) is 0 Å². The van der Waals surface area contributed by atoms with Gasteiger partial charge in [-0.05, 0) is 37.7 Å². The van der Waals surface area contributed by atoms with Gasteiger partial charge in [0, 0.05) is 52.5 Å². The number of hydrogen-bond acceptors (Lipinski definition) is 4. The molecule has 0 aromatic heterocycles. The van der Waals surface area contributed by atoms with Crippen molar-refractivity contribution in [2.45, 2.75) is 50.8 Å². The lowest BCUT2D eigenvalue weighted by Gasteiger charge is -2.33. The third-order valence-electron chi connectivity index (χ3n) is 5.49. The average molecular weight is 389 g/mol. The Labute approximate surface area is 169 Å². The first-order chi connectivity index (χ1) is 13.8. The standard InChI is InChI=1S/C22H36N4O2/c1-23-22(24-12-6-15-27-18-21-9-5-16-28-21)25-20-10-13-26(14-11-20)17-19-7-3-2-4-8-19/h2-4,7-8,20-21H,5-6,9-18H2,1H3,(H2,23,24,25). The van der Waals surface area contributed by atoms with Crippen molar-refractivity contribution < 1.29 is 9.47 Å². The minimum Gasteiger partial charge on any atom is -0.379 e. The monoisotopic (exact) mass is 388 g/mol. The molecule has 156 valence electrons. The zero-order valence-electron chi connectivity index (χ0n) is 17.2. The van der Waals surface area contributed by atoms with Crippen LogP contribution in [0.2, 0.25) is 0 Å². The molecule has 2 saturated heterocycles. The van der Waals surface area contributed by atoms with Crippen LogP contribution in [0.25, 0.3) is 0 Å². The summed E-state index contributed by atoms with van der Waals surface area (Å²) >= 11 is 0. The van der Waals surface area contributed by atoms with Crippen molar-refractivity contribution in [1.29, 1.82) is 0 Å². The van der Waals surface area contributed by atoms with E-state index in [0.717, 1.165) is 77.6 Å². The Morgan fingerprint density at radius 1 is 1.21 bits per heavy atom. The van der Waals surface area contributed by atoms with E-state index in [1.54, 1.807) is 0 Å². The first-order valence-corrected chi connectivity index (χ1v) is 10.8. The highest BCUT2D eigenvalue weighted by Crippen LogP contribution is 2.14. The van der Waals surface area contributed by atoms with Gasteiger partial charge < -0.3 is 20.1 Å². The van der Waals surface area contributed by atoms with E-state index in [1.165, 1.54) is 12.0 Å². The van der Waals surface area contributed by atoms with E-state index in [-0.39, 0.29) is 0 Å². The number of hydrogen-bond donors (Lipinski definition) is 2. The number of nitrogens with zero attached hydrogens (tertiary/aromatic N) is 2. The molecule has 1 aromatic carbocycles. The molecule has 3 rings (SSSR count). The molecule has 0 radical (unpaired) electrons. The number of piperidine rings is 1. The number of rotatable bonds is 9. The maximum atomic E-state index is 5.71. The molecule has 2 N–H and O–H groups in total. The van der Waals surface area contributed by atoms with E-state index in [1.807, 2.05) is 7.05 Å². The Hall–Kier alpha value is -1.63. The molecule has 2 heterocycles. The summed E-state index contributed by atoms with van der Waals surface area (Å²) in [4.78, 5) is 6.91. The van der Waals surface area contributed by atoms with Crippen LogP contribution in [0.1, 0.15) is 37.7 Å². The summed E-state index contributed by atoms with van der Waals surface area (Å²) in [5.41, 5.74) is 1.40. The van der Waals surface area contributed by atoms with Crippen LogP contribution in [0.4, 0.5) is 0 Å². The van der Waals surface area contributed by atoms with Gasteiger partial charge >= 0.3 is 0 Å². The number of nitrogens with one attached hydrogen (secondary N) is 2. The minimum absolute atomic E-state index is 0.315. The summed E-state index contributed by atoms with van der Waals surface area (Å²) in [7, 11) is 1.84. The molecule has 0 spiro atoms. The predicted octanol–water partition coefficient (Wildman–Crippen LogP) is 2.40. The fraction of sp³-hybridized carbons (Fsp3) is 0.682. The van der Waals surface area contributed by atoms with Crippen LogP contribution in [0.3, 0.4) is 0 Å². The van der Waals surface area contributed by atoms with Gasteiger partial charge in [0.05, 0.1) is 12.7 Å². The highest BCUT2D eigenvalue weighted by atomic mass is 16.5. The third-order valence-corrected chi connectivity index (χ3v) is 5.49. The summed E-state index contributed by atoms with van der Waals surface area (Å²) in [5.74, 6) is 0.903. The molecule has 0 bridgehead atoms. The van der Waals surface area contributed by atoms with Crippen LogP contribution in [-0.4, -0.2) is 69.5 Å². The van der Waals surface area contributed by atoms with Gasteiger partial charge in [-0.3, -0.25) is 9.89 Å². The van der Waals surface area contributed by atoms with Crippen molar-refractivity contribution in [2.24, 2.45) is 4.99 Å². The van der Waals surface area contributed by atoms with E-state index in [9.17, 15) is 0 Å². The zero-order chi connectivity index (χ0) is 19.4. The molecule has 1 unspecified atom stereocenters. The highest BCUT2D eigenvalue weighted by molar-refractivity contribution is 5.79. The van der Waals surface area contributed by atoms with Crippen LogP contribution in [0.15, 0.2) is 35.3 Å². The Balaban J connectivity index is 1.24. The van der Waals surface area contributed by atoms with Gasteiger partial charge in [0.25, 0.3) is 0 Å². The summed E-state index contributed by atoms with van der Waals surface area (Å²) in [5, 5.41) is 6.99. The lowest BCUT2D eigenvalue weighted by atomic mass is 10.0. The first kappa shape index (κ1) is 21.1. The van der Waals surface area contributed by atoms with E-state index in [4.69, 9.17) is 9.47 Å². The smallest absolute Gasteiger partial charge is 0.191 e. The van der Waals surface area contributed by atoms with Crippen molar-refractivity contribution >= 4 is 5.96 Å². The zero-order valence-corrected chi connectivity index (χ0v) is 17.2. The minimum atomic E-state index is 0.315. The Bertz CT molecular complexity index is 567. The molecule has 6 heteroatoms. The highest BCUT2D eigenvalue weighted by Gasteiger charge is 2.20. The molecule has 1 aromatic rings. The molecule has 2 aliphatic rings. The van der Waals surface area contributed by atoms with Crippen molar-refractivity contribution in [3.8, 4) is 0 Å². The third kappa shape index (κ3) is 7.41. The second kappa shape index (κ2) is 12.0. The molecular formula is C22H36N4O2. The second-order valence-electron chi connectivity index (χ2n) is 7.74. The van der Waals surface area contributed by atoms with Gasteiger partial charge in [-0.2, -0.15) is 0 Å². The summed E-state index contributed by atoms with van der Waals surface area (Å²) in [6, 6.07) is 11.2. The number of likely N-dealkylation sites (tertiary alicyclic amines) is 1. The van der Waals surface area contributed by atoms with Gasteiger partial charge in [-0.25, -0.2) is 0 Å². The number of aliphatic imine (C=N–C) groups is 1. The number of benzene rings is 1. The lowest BCUT2D eigenvalue weighted by molar-refractivity contribution is 0.0168. The van der Waals surface area contributed by atoms with Crippen LogP contribution in [0, 0.1) is 0 Å². The van der Waals surface area contributed by atoms with Gasteiger partial charge in [-0.1, -0.05) is 30.3 Å². The average Bonchev–Trinajstić information content (AvgIpc) is 3.25. The maximum Gasteiger partial charge on any atom is 0.191 e. The first-order valence-electron chi connectivity index (χ1n) is 10.8. The van der Waals surface area contributed by atoms with Gasteiger partial charge in [0.1, 0.15) is 0 Å². The largest absolute Gasteiger partial charge is 0.379 e. The van der Waals surface area contributed by atoms with Crippen molar-refractivity contribution in [1.82, 2.24) is 15.5 Å². The van der Waals surface area contributed by atoms with E-state index in [2.05, 4.69) is 50.9 Å². The van der Waals surface area contributed by atoms with Crippen LogP contribution < -0.4 is 10.6 Å². The van der Waals surface area contributed by atoms with E-state index < -0.39 is 0 Å². The second-order valence-corrected chi connectivity index (χ2v) is 7.74. The molecule has 2 fully saturated rings. The van der Waals surface area contributed by atoms with Crippen molar-refractivity contribution in [3.63, 3.8) is 0 Å². The normalized spacial score (nSPS) is 21.8. The van der Waals surface area contributed by atoms with Crippen molar-refractivity contribution in [3.05, 3.63) is 35.9 Å². The van der Waals surface area contributed by atoms with Gasteiger partial charge in [0.2, 0.25) is 0 Å². The Morgan fingerprint density at radius 3 is 2.75 bits per heavy atom. The molecule has 0 amide bonds. The molecule has 1 atom stereocenters. The fourth-order valence-electron chi connectivity index (χ4n) is 3.84. The van der Waals surface area contributed by atoms with Crippen LogP contribution in [-0.2, 0) is 16.0 Å². The lowest BCUT2D eigenvalue weighted by Crippen LogP contribution is -2.48. The summed E-state index contributed by atoms with van der Waals surface area (Å²) in [6.07, 6.45) is 5.90. The van der Waals surface area contributed by atoms with Gasteiger partial charge in [0.15, 0.2) is 5.96 Å². The predicted molar refractivity (Wildman–Crippen MR) is 114 cm³/mol. The number of guanidine groups is 1. The van der Waals surface area contributed by atoms with Crippen LogP contribution >= 0.6 is 0 Å². The SMILES string of the molecule is CN=C(NCCCOCC1CCCO1)NC1CCN(Cc2ccccc2)CC1. The summed E-state index contributed by atoms with van der Waals surface area (Å²) in [6.45, 7) is 6.56. The topological polar surface area (TPSA) is 58.1 Å². The number of ether oxygens (including phenoxy) is 2. The van der Waals surface area contributed by atoms with E-state index >= 15 is 0 Å². The Kier molecular flexibility index (Phi) is 9.07. The molecule has 2 aliphatic heterocycles. The molecular weight excluding hydrogens is 352 g/mol. The maximum absolute atomic E-state index is 5.71. The fourth-order valence-corrected chi connectivity index (χ4v) is 3.84. The van der Waals surface area contributed by atoms with Gasteiger partial charge in [-0.15, -0.1) is 0 Å². The molecule has 0 saturated carbocycles. The van der Waals surface area contributed by atoms with E-state index in [0.29, 0.717) is 12.1 Å². The molecule has 0 aliphatic carbocycles. The quantitative estimate of drug-likeness (QED) is 0.386. The van der Waals surface area contributed by atoms with Crippen molar-refractivity contribution in [2.75, 3.05) is 46.5 Å².